The molecule has 0 amide bonds. The summed E-state index contributed by atoms with van der Waals surface area (Å²) >= 11 is 0. The Bertz CT molecular complexity index is 957. The Kier molecular flexibility index (Phi) is 5.05. The lowest BCUT2D eigenvalue weighted by molar-refractivity contribution is 0.101. The average Bonchev–Trinajstić information content (AvgIpc) is 2.75. The van der Waals surface area contributed by atoms with Gasteiger partial charge in [-0.25, -0.2) is 9.97 Å². The minimum atomic E-state index is 0.0108. The molecular formula is C19H20N8O. The standard InChI is InChI=1S/C19H20N8O/c1-14(28)15-4-2-5-16(12-15)23-18-24-17(13-22-25-18)26-8-10-27(11-9-26)19-20-6-3-7-21-19/h2-7,12-13H,8-11H2,1H3,(H,23,24,25). The van der Waals surface area contributed by atoms with Gasteiger partial charge in [0.2, 0.25) is 11.9 Å². The maximum atomic E-state index is 11.5. The minimum Gasteiger partial charge on any atom is -0.352 e. The predicted octanol–water partition coefficient (Wildman–Crippen LogP) is 1.93. The van der Waals surface area contributed by atoms with E-state index in [2.05, 4.69) is 40.3 Å². The van der Waals surface area contributed by atoms with Crippen LogP contribution in [0.15, 0.2) is 48.9 Å². The highest BCUT2D eigenvalue weighted by atomic mass is 16.1. The third-order valence-corrected chi connectivity index (χ3v) is 4.51. The highest BCUT2D eigenvalue weighted by molar-refractivity contribution is 5.95. The van der Waals surface area contributed by atoms with Gasteiger partial charge in [-0.2, -0.15) is 10.1 Å². The van der Waals surface area contributed by atoms with Gasteiger partial charge in [0.15, 0.2) is 11.6 Å². The molecule has 1 fully saturated rings. The third kappa shape index (κ3) is 4.03. The zero-order valence-corrected chi connectivity index (χ0v) is 15.5. The van der Waals surface area contributed by atoms with Crippen molar-refractivity contribution >= 4 is 29.2 Å². The van der Waals surface area contributed by atoms with E-state index in [1.165, 1.54) is 6.92 Å². The molecule has 0 atom stereocenters. The smallest absolute Gasteiger partial charge is 0.249 e. The molecule has 0 aliphatic carbocycles. The van der Waals surface area contributed by atoms with Gasteiger partial charge in [0, 0.05) is 49.8 Å². The van der Waals surface area contributed by atoms with E-state index < -0.39 is 0 Å². The second-order valence-corrected chi connectivity index (χ2v) is 6.42. The molecule has 142 valence electrons. The average molecular weight is 376 g/mol. The number of carbonyl (C=O) groups excluding carboxylic acids is 1. The van der Waals surface area contributed by atoms with Gasteiger partial charge in [-0.15, -0.1) is 5.10 Å². The predicted molar refractivity (Wildman–Crippen MR) is 106 cm³/mol. The fourth-order valence-corrected chi connectivity index (χ4v) is 3.04. The number of hydrogen-bond acceptors (Lipinski definition) is 9. The first-order chi connectivity index (χ1) is 13.7. The molecule has 4 rings (SSSR count). The number of benzene rings is 1. The van der Waals surface area contributed by atoms with Crippen LogP contribution in [0.1, 0.15) is 17.3 Å². The molecule has 3 heterocycles. The molecule has 0 saturated carbocycles. The zero-order valence-electron chi connectivity index (χ0n) is 15.5. The van der Waals surface area contributed by atoms with Crippen LogP contribution >= 0.6 is 0 Å². The fourth-order valence-electron chi connectivity index (χ4n) is 3.04. The molecule has 9 heteroatoms. The largest absolute Gasteiger partial charge is 0.352 e. The molecule has 3 aromatic rings. The van der Waals surface area contributed by atoms with Gasteiger partial charge in [0.05, 0.1) is 6.20 Å². The first kappa shape index (κ1) is 17.8. The lowest BCUT2D eigenvalue weighted by Crippen LogP contribution is -2.47. The minimum absolute atomic E-state index is 0.0108. The van der Waals surface area contributed by atoms with E-state index >= 15 is 0 Å². The van der Waals surface area contributed by atoms with Crippen LogP contribution in [-0.2, 0) is 0 Å². The van der Waals surface area contributed by atoms with Crippen LogP contribution in [0.3, 0.4) is 0 Å². The number of nitrogens with one attached hydrogen (secondary N) is 1. The van der Waals surface area contributed by atoms with Gasteiger partial charge in [-0.3, -0.25) is 4.79 Å². The highest BCUT2D eigenvalue weighted by Crippen LogP contribution is 2.19. The van der Waals surface area contributed by atoms with Crippen molar-refractivity contribution in [1.82, 2.24) is 25.1 Å². The van der Waals surface area contributed by atoms with Gasteiger partial charge in [0.25, 0.3) is 0 Å². The Morgan fingerprint density at radius 3 is 2.54 bits per heavy atom. The topological polar surface area (TPSA) is 100 Å². The van der Waals surface area contributed by atoms with E-state index in [1.807, 2.05) is 18.2 Å². The summed E-state index contributed by atoms with van der Waals surface area (Å²) in [7, 11) is 0. The molecule has 0 spiro atoms. The summed E-state index contributed by atoms with van der Waals surface area (Å²) in [6.07, 6.45) is 5.16. The molecule has 0 bridgehead atoms. The monoisotopic (exact) mass is 376 g/mol. The molecule has 2 aromatic heterocycles. The van der Waals surface area contributed by atoms with Gasteiger partial charge < -0.3 is 15.1 Å². The summed E-state index contributed by atoms with van der Waals surface area (Å²) in [5.41, 5.74) is 1.38. The number of piperazine rings is 1. The molecule has 1 aliphatic heterocycles. The Hall–Kier alpha value is -3.62. The van der Waals surface area contributed by atoms with Crippen molar-refractivity contribution in [3.05, 3.63) is 54.5 Å². The van der Waals surface area contributed by atoms with Crippen LogP contribution in [0.5, 0.6) is 0 Å². The molecule has 1 aliphatic rings. The molecule has 0 unspecified atom stereocenters. The van der Waals surface area contributed by atoms with Crippen molar-refractivity contribution < 1.29 is 4.79 Å². The van der Waals surface area contributed by atoms with Crippen LogP contribution in [0.2, 0.25) is 0 Å². The third-order valence-electron chi connectivity index (χ3n) is 4.51. The maximum Gasteiger partial charge on any atom is 0.249 e. The number of rotatable bonds is 5. The highest BCUT2D eigenvalue weighted by Gasteiger charge is 2.20. The number of anilines is 4. The Balaban J connectivity index is 1.43. The van der Waals surface area contributed by atoms with Crippen LogP contribution in [0, 0.1) is 0 Å². The second-order valence-electron chi connectivity index (χ2n) is 6.42. The number of aromatic nitrogens is 5. The van der Waals surface area contributed by atoms with E-state index in [9.17, 15) is 4.79 Å². The molecule has 1 N–H and O–H groups in total. The zero-order chi connectivity index (χ0) is 19.3. The van der Waals surface area contributed by atoms with Gasteiger partial charge >= 0.3 is 0 Å². The number of nitrogens with zero attached hydrogens (tertiary/aromatic N) is 7. The Labute approximate surface area is 162 Å². The normalized spacial score (nSPS) is 14.0. The quantitative estimate of drug-likeness (QED) is 0.669. The summed E-state index contributed by atoms with van der Waals surface area (Å²) in [5, 5.41) is 11.2. The van der Waals surface area contributed by atoms with Crippen LogP contribution < -0.4 is 15.1 Å². The Morgan fingerprint density at radius 1 is 1.04 bits per heavy atom. The van der Waals surface area contributed by atoms with Crippen molar-refractivity contribution in [3.8, 4) is 0 Å². The van der Waals surface area contributed by atoms with Crippen molar-refractivity contribution in [2.75, 3.05) is 41.3 Å². The van der Waals surface area contributed by atoms with Gasteiger partial charge in [-0.05, 0) is 25.1 Å². The van der Waals surface area contributed by atoms with Crippen LogP contribution in [-0.4, -0.2) is 57.1 Å². The number of ketones is 1. The lowest BCUT2D eigenvalue weighted by atomic mass is 10.1. The maximum absolute atomic E-state index is 11.5. The van der Waals surface area contributed by atoms with Crippen LogP contribution in [0.25, 0.3) is 0 Å². The fraction of sp³-hybridized carbons (Fsp3) is 0.263. The molecule has 28 heavy (non-hydrogen) atoms. The van der Waals surface area contributed by atoms with E-state index in [0.717, 1.165) is 43.6 Å². The van der Waals surface area contributed by atoms with E-state index in [-0.39, 0.29) is 5.78 Å². The van der Waals surface area contributed by atoms with Crippen LogP contribution in [0.4, 0.5) is 23.4 Å². The second kappa shape index (κ2) is 7.95. The van der Waals surface area contributed by atoms with Gasteiger partial charge in [-0.1, -0.05) is 12.1 Å². The molecule has 1 aromatic carbocycles. The summed E-state index contributed by atoms with van der Waals surface area (Å²) < 4.78 is 0. The SMILES string of the molecule is CC(=O)c1cccc(Nc2nncc(N3CCN(c4ncccn4)CC3)n2)c1. The number of carbonyl (C=O) groups is 1. The number of Topliss-reactive ketones (excluding diaryl/α,β-unsaturated/α-hetero) is 1. The first-order valence-electron chi connectivity index (χ1n) is 9.04. The van der Waals surface area contributed by atoms with E-state index in [1.54, 1.807) is 30.7 Å². The van der Waals surface area contributed by atoms with E-state index in [4.69, 9.17) is 0 Å². The number of hydrogen-bond donors (Lipinski definition) is 1. The molecule has 0 radical (unpaired) electrons. The van der Waals surface area contributed by atoms with Gasteiger partial charge in [0.1, 0.15) is 0 Å². The van der Waals surface area contributed by atoms with Crippen molar-refractivity contribution in [2.24, 2.45) is 0 Å². The van der Waals surface area contributed by atoms with Crippen molar-refractivity contribution in [2.45, 2.75) is 6.92 Å². The summed E-state index contributed by atoms with van der Waals surface area (Å²) in [6, 6.07) is 9.05. The molecule has 9 nitrogen and oxygen atoms in total. The lowest BCUT2D eigenvalue weighted by Gasteiger charge is -2.35. The van der Waals surface area contributed by atoms with Crippen molar-refractivity contribution in [3.63, 3.8) is 0 Å². The summed E-state index contributed by atoms with van der Waals surface area (Å²) in [4.78, 5) is 29.0. The Morgan fingerprint density at radius 2 is 1.79 bits per heavy atom. The van der Waals surface area contributed by atoms with E-state index in [0.29, 0.717) is 11.5 Å². The first-order valence-corrected chi connectivity index (χ1v) is 9.04. The van der Waals surface area contributed by atoms with Crippen molar-refractivity contribution in [1.29, 1.82) is 0 Å². The molecular weight excluding hydrogens is 356 g/mol. The molecule has 1 saturated heterocycles. The summed E-state index contributed by atoms with van der Waals surface area (Å²) in [6.45, 7) is 4.72. The summed E-state index contributed by atoms with van der Waals surface area (Å²) in [5.74, 6) is 1.91.